The van der Waals surface area contributed by atoms with Gasteiger partial charge in [0.1, 0.15) is 0 Å². The van der Waals surface area contributed by atoms with Gasteiger partial charge in [-0.15, -0.1) is 0 Å². The van der Waals surface area contributed by atoms with Crippen LogP contribution < -0.4 is 5.32 Å². The van der Waals surface area contributed by atoms with E-state index in [1.807, 2.05) is 54.0 Å². The normalized spacial score (nSPS) is 17.3. The number of aliphatic hydroxyl groups is 1. The van der Waals surface area contributed by atoms with Gasteiger partial charge in [0.2, 0.25) is 0 Å². The van der Waals surface area contributed by atoms with E-state index in [-0.39, 0.29) is 24.1 Å². The predicted molar refractivity (Wildman–Crippen MR) is 111 cm³/mol. The topological polar surface area (TPSA) is 66.3 Å². The summed E-state index contributed by atoms with van der Waals surface area (Å²) in [7, 11) is -0.481. The van der Waals surface area contributed by atoms with Crippen LogP contribution in [-0.4, -0.2) is 60.5 Å². The Morgan fingerprint density at radius 2 is 1.81 bits per heavy atom. The molecule has 1 aliphatic rings. The highest BCUT2D eigenvalue weighted by molar-refractivity contribution is 6.59. The van der Waals surface area contributed by atoms with Crippen LogP contribution in [-0.2, 0) is 9.31 Å². The highest BCUT2D eigenvalue weighted by Crippen LogP contribution is 2.22. The van der Waals surface area contributed by atoms with Gasteiger partial charge in [-0.2, -0.15) is 0 Å². The molecule has 0 fully saturated rings. The van der Waals surface area contributed by atoms with E-state index in [4.69, 9.17) is 14.4 Å². The van der Waals surface area contributed by atoms with Gasteiger partial charge in [-0.05, 0) is 47.6 Å². The van der Waals surface area contributed by atoms with E-state index in [0.29, 0.717) is 6.54 Å². The van der Waals surface area contributed by atoms with Gasteiger partial charge in [-0.25, -0.2) is 0 Å². The number of rotatable bonds is 9. The summed E-state index contributed by atoms with van der Waals surface area (Å²) in [6, 6.07) is 0. The van der Waals surface area contributed by atoms with Crippen molar-refractivity contribution in [3.63, 3.8) is 0 Å². The molecular formula is C19H40BN3O3. The molecule has 152 valence electrons. The molecular weight excluding hydrogens is 329 g/mol. The van der Waals surface area contributed by atoms with Crippen molar-refractivity contribution in [2.75, 3.05) is 19.7 Å². The Balaban J connectivity index is 0.00000301. The molecule has 0 spiro atoms. The fraction of sp³-hybridized carbons (Fsp3) is 0.842. The van der Waals surface area contributed by atoms with Crippen molar-refractivity contribution in [2.24, 2.45) is 4.99 Å². The third kappa shape index (κ3) is 9.17. The SMILES string of the molecule is CC.CCN(CCO)C1N=CC(B(OC(C)(C)C)OC(C)(C)CC)=CN1. The largest absolute Gasteiger partial charge is 0.497 e. The molecule has 1 rings (SSSR count). The van der Waals surface area contributed by atoms with Crippen molar-refractivity contribution in [2.45, 2.75) is 86.2 Å². The average molecular weight is 369 g/mol. The monoisotopic (exact) mass is 369 g/mol. The number of nitrogens with one attached hydrogen (secondary N) is 1. The van der Waals surface area contributed by atoms with Crippen LogP contribution in [0.4, 0.5) is 0 Å². The van der Waals surface area contributed by atoms with E-state index < -0.39 is 7.12 Å². The highest BCUT2D eigenvalue weighted by Gasteiger charge is 2.35. The zero-order valence-corrected chi connectivity index (χ0v) is 18.3. The summed E-state index contributed by atoms with van der Waals surface area (Å²) in [5.74, 6) is 0. The molecule has 26 heavy (non-hydrogen) atoms. The molecule has 7 heteroatoms. The first kappa shape index (κ1) is 25.1. The molecule has 6 nitrogen and oxygen atoms in total. The molecule has 1 atom stereocenters. The van der Waals surface area contributed by atoms with E-state index in [1.165, 1.54) is 0 Å². The number of allylic oxidation sites excluding steroid dienone is 1. The quantitative estimate of drug-likeness (QED) is 0.611. The second-order valence-electron chi connectivity index (χ2n) is 7.61. The van der Waals surface area contributed by atoms with E-state index in [0.717, 1.165) is 18.4 Å². The maximum absolute atomic E-state index is 9.14. The number of hydrogen-bond donors (Lipinski definition) is 2. The predicted octanol–water partition coefficient (Wildman–Crippen LogP) is 3.22. The van der Waals surface area contributed by atoms with Crippen molar-refractivity contribution in [1.82, 2.24) is 10.2 Å². The molecule has 0 saturated heterocycles. The van der Waals surface area contributed by atoms with Crippen molar-refractivity contribution in [3.8, 4) is 0 Å². The summed E-state index contributed by atoms with van der Waals surface area (Å²) in [6.07, 6.45) is 4.43. The lowest BCUT2D eigenvalue weighted by atomic mass is 9.76. The van der Waals surface area contributed by atoms with Gasteiger partial charge >= 0.3 is 7.12 Å². The van der Waals surface area contributed by atoms with Gasteiger partial charge in [0.15, 0.2) is 6.29 Å². The maximum atomic E-state index is 9.14. The van der Waals surface area contributed by atoms with E-state index in [1.54, 1.807) is 0 Å². The summed E-state index contributed by atoms with van der Waals surface area (Å²) < 4.78 is 12.3. The number of aliphatic imine (C=N–C) groups is 1. The molecule has 1 unspecified atom stereocenters. The molecule has 0 aliphatic carbocycles. The van der Waals surface area contributed by atoms with E-state index >= 15 is 0 Å². The number of aliphatic hydroxyl groups excluding tert-OH is 1. The molecule has 0 radical (unpaired) electrons. The zero-order chi connectivity index (χ0) is 20.4. The minimum atomic E-state index is -0.481. The van der Waals surface area contributed by atoms with Gasteiger partial charge < -0.3 is 19.7 Å². The van der Waals surface area contributed by atoms with Crippen molar-refractivity contribution in [1.29, 1.82) is 0 Å². The molecule has 0 aromatic carbocycles. The molecule has 1 aliphatic heterocycles. The molecule has 0 aromatic rings. The average Bonchev–Trinajstić information content (AvgIpc) is 2.59. The lowest BCUT2D eigenvalue weighted by molar-refractivity contribution is 0.0278. The Hall–Kier alpha value is -0.885. The second kappa shape index (κ2) is 11.7. The van der Waals surface area contributed by atoms with Crippen LogP contribution in [0.2, 0.25) is 0 Å². The number of likely N-dealkylation sites (N-methyl/N-ethyl adjacent to an activating group) is 1. The Morgan fingerprint density at radius 3 is 2.19 bits per heavy atom. The summed E-state index contributed by atoms with van der Waals surface area (Å²) in [6.45, 7) is 19.8. The van der Waals surface area contributed by atoms with Crippen molar-refractivity contribution < 1.29 is 14.4 Å². The first-order chi connectivity index (χ1) is 12.1. The Labute approximate surface area is 161 Å². The standard InChI is InChI=1S/C17H34BN3O3.C2H6/c1-8-17(6,7)24-18(23-16(3,4)5)14-12-19-15(20-13-14)21(9-2)10-11-22;1-2/h12-13,15,19,22H,8-11H2,1-7H3;1-2H3. The number of hydrogen-bond acceptors (Lipinski definition) is 6. The van der Waals surface area contributed by atoms with E-state index in [2.05, 4.69) is 36.0 Å². The fourth-order valence-electron chi connectivity index (χ4n) is 2.17. The van der Waals surface area contributed by atoms with Gasteiger partial charge in [-0.1, -0.05) is 27.7 Å². The van der Waals surface area contributed by atoms with Crippen LogP contribution in [0.3, 0.4) is 0 Å². The Morgan fingerprint density at radius 1 is 1.19 bits per heavy atom. The van der Waals surface area contributed by atoms with Crippen LogP contribution in [0.15, 0.2) is 16.7 Å². The molecule has 0 aromatic heterocycles. The summed E-state index contributed by atoms with van der Waals surface area (Å²) in [5.41, 5.74) is 0.253. The van der Waals surface area contributed by atoms with Gasteiger partial charge in [0, 0.05) is 35.6 Å². The molecule has 0 amide bonds. The van der Waals surface area contributed by atoms with Crippen LogP contribution in [0, 0.1) is 0 Å². The van der Waals surface area contributed by atoms with Crippen LogP contribution in [0.1, 0.15) is 68.7 Å². The molecule has 0 saturated carbocycles. The summed E-state index contributed by atoms with van der Waals surface area (Å²) in [4.78, 5) is 6.61. The highest BCUT2D eigenvalue weighted by atomic mass is 16.6. The molecule has 0 bridgehead atoms. The maximum Gasteiger partial charge on any atom is 0.497 e. The van der Waals surface area contributed by atoms with Crippen LogP contribution in [0.25, 0.3) is 0 Å². The fourth-order valence-corrected chi connectivity index (χ4v) is 2.17. The third-order valence-corrected chi connectivity index (χ3v) is 3.91. The number of nitrogens with zero attached hydrogens (tertiary/aromatic N) is 2. The zero-order valence-electron chi connectivity index (χ0n) is 18.3. The first-order valence-corrected chi connectivity index (χ1v) is 9.81. The Bertz CT molecular complexity index is 448. The molecule has 1 heterocycles. The van der Waals surface area contributed by atoms with Crippen LogP contribution in [0.5, 0.6) is 0 Å². The van der Waals surface area contributed by atoms with Crippen molar-refractivity contribution >= 4 is 13.3 Å². The lowest BCUT2D eigenvalue weighted by Crippen LogP contribution is -2.48. The van der Waals surface area contributed by atoms with Gasteiger partial charge in [-0.3, -0.25) is 9.89 Å². The minimum absolute atomic E-state index is 0.113. The minimum Gasteiger partial charge on any atom is -0.403 e. The summed E-state index contributed by atoms with van der Waals surface area (Å²) in [5, 5.41) is 12.4. The second-order valence-corrected chi connectivity index (χ2v) is 7.61. The first-order valence-electron chi connectivity index (χ1n) is 9.81. The van der Waals surface area contributed by atoms with Gasteiger partial charge in [0.25, 0.3) is 0 Å². The third-order valence-electron chi connectivity index (χ3n) is 3.91. The summed E-state index contributed by atoms with van der Waals surface area (Å²) >= 11 is 0. The van der Waals surface area contributed by atoms with E-state index in [9.17, 15) is 0 Å². The van der Waals surface area contributed by atoms with Crippen molar-refractivity contribution in [3.05, 3.63) is 11.7 Å². The lowest BCUT2D eigenvalue weighted by Gasteiger charge is -2.34. The van der Waals surface area contributed by atoms with Gasteiger partial charge in [0.05, 0.1) is 6.61 Å². The molecule has 2 N–H and O–H groups in total. The Kier molecular flexibility index (Phi) is 11.3. The smallest absolute Gasteiger partial charge is 0.403 e. The van der Waals surface area contributed by atoms with Crippen LogP contribution >= 0.6 is 0 Å².